The zero-order chi connectivity index (χ0) is 26.0. The van der Waals surface area contributed by atoms with Gasteiger partial charge in [0, 0.05) is 0 Å². The molecule has 0 aromatic heterocycles. The van der Waals surface area contributed by atoms with Gasteiger partial charge in [-0.1, -0.05) is 54.5 Å². The van der Waals surface area contributed by atoms with E-state index in [1.807, 2.05) is 0 Å². The average Bonchev–Trinajstić information content (AvgIpc) is 2.71. The molecule has 0 saturated heterocycles. The van der Waals surface area contributed by atoms with Gasteiger partial charge in [0.15, 0.2) is 0 Å². The monoisotopic (exact) mass is 487 g/mol. The quantitative estimate of drug-likeness (QED) is 0.377. The maximum absolute atomic E-state index is 12.9. The predicted molar refractivity (Wildman–Crippen MR) is 137 cm³/mol. The van der Waals surface area contributed by atoms with E-state index in [2.05, 4.69) is 54.5 Å². The van der Waals surface area contributed by atoms with E-state index in [1.165, 1.54) is 0 Å². The van der Waals surface area contributed by atoms with Gasteiger partial charge in [-0.25, -0.2) is 0 Å². The third kappa shape index (κ3) is 2.84. The Morgan fingerprint density at radius 1 is 0.914 bits per heavy atom. The molecule has 0 bridgehead atoms. The number of hydrogen-bond donors (Lipinski definition) is 4. The molecule has 5 N–H and O–H groups in total. The second kappa shape index (κ2) is 7.14. The van der Waals surface area contributed by atoms with Gasteiger partial charge < -0.3 is 21.1 Å². The van der Waals surface area contributed by atoms with Gasteiger partial charge in [0.1, 0.15) is 5.41 Å². The minimum atomic E-state index is -1.32. The van der Waals surface area contributed by atoms with Crippen molar-refractivity contribution in [3.8, 4) is 0 Å². The highest BCUT2D eigenvalue weighted by Gasteiger charge is 2.75. The van der Waals surface area contributed by atoms with Crippen molar-refractivity contribution < 1.29 is 20.1 Å². The minimum Gasteiger partial charge on any atom is -0.481 e. The van der Waals surface area contributed by atoms with Crippen LogP contribution in [0.2, 0.25) is 0 Å². The Hall–Kier alpha value is -0.910. The van der Waals surface area contributed by atoms with E-state index in [1.54, 1.807) is 0 Å². The third-order valence-electron chi connectivity index (χ3n) is 13.2. The standard InChI is InChI=1S/C30H49NO4/c1-24(2)14-15-29(23(34)35)22(33)16-28(7)20(30(29,31)17-24)9-8-19-26(5)12-11-21(32)25(3,4)18(26)10-13-27(19,28)6/h9,18-19,21-22,32-33H,8,10-17,31H2,1-7H3,(H,34,35)/t18-,19?,21-,22?,26-,27?,28+,29+,30?/m0/s1. The summed E-state index contributed by atoms with van der Waals surface area (Å²) in [6.07, 6.45) is 8.18. The summed E-state index contributed by atoms with van der Waals surface area (Å²) >= 11 is 0. The summed E-state index contributed by atoms with van der Waals surface area (Å²) in [7, 11) is 0. The van der Waals surface area contributed by atoms with Gasteiger partial charge in [-0.05, 0) is 102 Å². The molecular weight excluding hydrogens is 438 g/mol. The van der Waals surface area contributed by atoms with Gasteiger partial charge in [-0.2, -0.15) is 0 Å². The van der Waals surface area contributed by atoms with Gasteiger partial charge in [0.25, 0.3) is 0 Å². The second-order valence-electron chi connectivity index (χ2n) is 15.4. The van der Waals surface area contributed by atoms with Gasteiger partial charge in [-0.3, -0.25) is 4.79 Å². The zero-order valence-corrected chi connectivity index (χ0v) is 23.1. The van der Waals surface area contributed by atoms with Crippen molar-refractivity contribution in [3.05, 3.63) is 11.6 Å². The number of nitrogens with two attached hydrogens (primary N) is 1. The Labute approximate surface area is 211 Å². The lowest BCUT2D eigenvalue weighted by molar-refractivity contribution is -0.221. The molecule has 9 atom stereocenters. The van der Waals surface area contributed by atoms with Crippen LogP contribution in [-0.4, -0.2) is 39.0 Å². The normalized spacial score (nSPS) is 54.4. The Kier molecular flexibility index (Phi) is 5.25. The van der Waals surface area contributed by atoms with E-state index in [9.17, 15) is 20.1 Å². The first-order chi connectivity index (χ1) is 15.9. The van der Waals surface area contributed by atoms with Crippen LogP contribution < -0.4 is 5.73 Å². The molecule has 5 heteroatoms. The zero-order valence-electron chi connectivity index (χ0n) is 23.1. The van der Waals surface area contributed by atoms with Gasteiger partial charge >= 0.3 is 5.97 Å². The van der Waals surface area contributed by atoms with Crippen LogP contribution in [0.4, 0.5) is 0 Å². The average molecular weight is 488 g/mol. The van der Waals surface area contributed by atoms with Crippen molar-refractivity contribution in [1.82, 2.24) is 0 Å². The lowest BCUT2D eigenvalue weighted by atomic mass is 9.32. The van der Waals surface area contributed by atoms with Crippen LogP contribution >= 0.6 is 0 Å². The van der Waals surface area contributed by atoms with Crippen LogP contribution in [0.15, 0.2) is 11.6 Å². The molecular formula is C30H49NO4. The molecule has 5 nitrogen and oxygen atoms in total. The van der Waals surface area contributed by atoms with Crippen molar-refractivity contribution in [2.75, 3.05) is 0 Å². The van der Waals surface area contributed by atoms with Gasteiger partial charge in [0.05, 0.1) is 17.7 Å². The van der Waals surface area contributed by atoms with E-state index in [-0.39, 0.29) is 33.2 Å². The fraction of sp³-hybridized carbons (Fsp3) is 0.900. The van der Waals surface area contributed by atoms with Crippen molar-refractivity contribution in [1.29, 1.82) is 0 Å². The summed E-state index contributed by atoms with van der Waals surface area (Å²) in [5.41, 5.74) is 5.57. The molecule has 0 amide bonds. The Bertz CT molecular complexity index is 971. The largest absolute Gasteiger partial charge is 0.481 e. The van der Waals surface area contributed by atoms with Crippen LogP contribution in [0.25, 0.3) is 0 Å². The van der Waals surface area contributed by atoms with E-state index in [0.717, 1.165) is 44.1 Å². The first-order valence-corrected chi connectivity index (χ1v) is 14.0. The molecule has 5 aliphatic carbocycles. The SMILES string of the molecule is CC1(C)CC[C@]2(C(=O)O)C(O)C[C@]3(C)C(=CCC4C3(C)CC[C@H]3C(C)(C)[C@@H](O)CC[C@]43C)C2(N)C1. The molecule has 0 radical (unpaired) electrons. The molecule has 0 spiro atoms. The molecule has 5 aliphatic rings. The van der Waals surface area contributed by atoms with E-state index in [4.69, 9.17) is 5.73 Å². The Balaban J connectivity index is 1.67. The van der Waals surface area contributed by atoms with Crippen molar-refractivity contribution in [3.63, 3.8) is 0 Å². The highest BCUT2D eigenvalue weighted by molar-refractivity contribution is 5.80. The molecule has 4 fully saturated rings. The molecule has 0 heterocycles. The summed E-state index contributed by atoms with van der Waals surface area (Å²) in [5.74, 6) is -0.0710. The third-order valence-corrected chi connectivity index (χ3v) is 13.2. The number of fused-ring (bicyclic) bond motifs is 7. The highest BCUT2D eigenvalue weighted by Crippen LogP contribution is 2.76. The summed E-state index contributed by atoms with van der Waals surface area (Å²) in [5, 5.41) is 33.2. The number of carbonyl (C=O) groups is 1. The topological polar surface area (TPSA) is 104 Å². The van der Waals surface area contributed by atoms with E-state index >= 15 is 0 Å². The number of carboxylic acids is 1. The fourth-order valence-corrected chi connectivity index (χ4v) is 11.1. The molecule has 5 rings (SSSR count). The minimum absolute atomic E-state index is 0.0720. The molecule has 4 saturated carbocycles. The highest BCUT2D eigenvalue weighted by atomic mass is 16.4. The summed E-state index contributed by atoms with van der Waals surface area (Å²) in [6, 6.07) is 0. The van der Waals surface area contributed by atoms with Gasteiger partial charge in [0.2, 0.25) is 0 Å². The number of carboxylic acid groups (broad SMARTS) is 1. The molecule has 4 unspecified atom stereocenters. The molecule has 0 aliphatic heterocycles. The maximum atomic E-state index is 12.9. The molecule has 0 aromatic carbocycles. The number of allylic oxidation sites excluding steroid dienone is 1. The van der Waals surface area contributed by atoms with Crippen LogP contribution in [0, 0.1) is 44.3 Å². The number of aliphatic carboxylic acids is 1. The Morgan fingerprint density at radius 2 is 1.57 bits per heavy atom. The van der Waals surface area contributed by atoms with Gasteiger partial charge in [-0.15, -0.1) is 0 Å². The van der Waals surface area contributed by atoms with Crippen molar-refractivity contribution in [2.45, 2.75) is 124 Å². The van der Waals surface area contributed by atoms with E-state index < -0.39 is 23.0 Å². The number of hydrogen-bond acceptors (Lipinski definition) is 4. The lowest BCUT2D eigenvalue weighted by Crippen LogP contribution is -2.76. The smallest absolute Gasteiger partial charge is 0.314 e. The maximum Gasteiger partial charge on any atom is 0.314 e. The lowest BCUT2D eigenvalue weighted by Gasteiger charge is -2.73. The van der Waals surface area contributed by atoms with Crippen LogP contribution in [0.3, 0.4) is 0 Å². The van der Waals surface area contributed by atoms with Crippen LogP contribution in [0.1, 0.15) is 106 Å². The number of aliphatic hydroxyl groups is 2. The fourth-order valence-electron chi connectivity index (χ4n) is 11.1. The number of aliphatic hydroxyl groups excluding tert-OH is 2. The first kappa shape index (κ1) is 25.7. The van der Waals surface area contributed by atoms with Crippen molar-refractivity contribution in [2.24, 2.45) is 50.1 Å². The molecule has 35 heavy (non-hydrogen) atoms. The summed E-state index contributed by atoms with van der Waals surface area (Å²) in [6.45, 7) is 16.1. The van der Waals surface area contributed by atoms with Crippen molar-refractivity contribution >= 4 is 5.97 Å². The Morgan fingerprint density at radius 3 is 2.20 bits per heavy atom. The van der Waals surface area contributed by atoms with E-state index in [0.29, 0.717) is 31.1 Å². The summed E-state index contributed by atoms with van der Waals surface area (Å²) < 4.78 is 0. The second-order valence-corrected chi connectivity index (χ2v) is 15.4. The summed E-state index contributed by atoms with van der Waals surface area (Å²) in [4.78, 5) is 12.9. The predicted octanol–water partition coefficient (Wildman–Crippen LogP) is 5.29. The molecule has 0 aromatic rings. The first-order valence-electron chi connectivity index (χ1n) is 14.0. The number of rotatable bonds is 1. The van der Waals surface area contributed by atoms with Crippen LogP contribution in [-0.2, 0) is 4.79 Å². The van der Waals surface area contributed by atoms with Crippen LogP contribution in [0.5, 0.6) is 0 Å². The molecule has 198 valence electrons.